The lowest BCUT2D eigenvalue weighted by Crippen LogP contribution is -2.44. The summed E-state index contributed by atoms with van der Waals surface area (Å²) in [5, 5.41) is 3.77. The number of nitrogens with one attached hydrogen (secondary N) is 1. The maximum Gasteiger partial charge on any atom is 0.0319 e. The van der Waals surface area contributed by atoms with Gasteiger partial charge in [-0.15, -0.1) is 0 Å². The van der Waals surface area contributed by atoms with E-state index in [9.17, 15) is 0 Å². The second kappa shape index (κ2) is 5.41. The van der Waals surface area contributed by atoms with E-state index in [2.05, 4.69) is 47.5 Å². The van der Waals surface area contributed by atoms with Gasteiger partial charge < -0.3 is 5.32 Å². The van der Waals surface area contributed by atoms with Gasteiger partial charge in [0.15, 0.2) is 0 Å². The van der Waals surface area contributed by atoms with Crippen LogP contribution in [-0.4, -0.2) is 30.1 Å². The molecule has 2 heteroatoms. The molecule has 18 heavy (non-hydrogen) atoms. The lowest BCUT2D eigenvalue weighted by atomic mass is 10.00. The zero-order valence-electron chi connectivity index (χ0n) is 11.3. The summed E-state index contributed by atoms with van der Waals surface area (Å²) in [4.78, 5) is 2.63. The quantitative estimate of drug-likeness (QED) is 0.876. The van der Waals surface area contributed by atoms with Crippen LogP contribution in [0.4, 0.5) is 0 Å². The molecule has 1 heterocycles. The Balaban J connectivity index is 1.52. The molecule has 3 rings (SSSR count). The molecule has 1 saturated carbocycles. The molecule has 1 unspecified atom stereocenters. The summed E-state index contributed by atoms with van der Waals surface area (Å²) in [5.41, 5.74) is 1.45. The fraction of sp³-hybridized carbons (Fsp3) is 0.625. The number of benzene rings is 1. The molecule has 0 aromatic heterocycles. The smallest absolute Gasteiger partial charge is 0.0319 e. The number of hydrogen-bond donors (Lipinski definition) is 1. The predicted molar refractivity (Wildman–Crippen MR) is 75.6 cm³/mol. The SMILES string of the molecule is CC(c1ccccc1)N1CCC(NC2CC2)CC1. The normalized spacial score (nSPS) is 24.1. The highest BCUT2D eigenvalue weighted by molar-refractivity contribution is 5.18. The minimum absolute atomic E-state index is 0.563. The second-order valence-electron chi connectivity index (χ2n) is 5.84. The van der Waals surface area contributed by atoms with Crippen LogP contribution in [0.2, 0.25) is 0 Å². The summed E-state index contributed by atoms with van der Waals surface area (Å²) in [6.07, 6.45) is 5.43. The lowest BCUT2D eigenvalue weighted by Gasteiger charge is -2.36. The highest BCUT2D eigenvalue weighted by atomic mass is 15.2. The lowest BCUT2D eigenvalue weighted by molar-refractivity contribution is 0.152. The van der Waals surface area contributed by atoms with Gasteiger partial charge in [0, 0.05) is 31.2 Å². The van der Waals surface area contributed by atoms with Gasteiger partial charge in [-0.25, -0.2) is 0 Å². The molecule has 2 fully saturated rings. The molecule has 0 bridgehead atoms. The molecule has 2 nitrogen and oxygen atoms in total. The summed E-state index contributed by atoms with van der Waals surface area (Å²) in [7, 11) is 0. The van der Waals surface area contributed by atoms with Crippen molar-refractivity contribution in [3.63, 3.8) is 0 Å². The molecule has 98 valence electrons. The molecule has 1 atom stereocenters. The van der Waals surface area contributed by atoms with Gasteiger partial charge in [-0.3, -0.25) is 4.90 Å². The van der Waals surface area contributed by atoms with Crippen molar-refractivity contribution in [3.8, 4) is 0 Å². The summed E-state index contributed by atoms with van der Waals surface area (Å²) < 4.78 is 0. The van der Waals surface area contributed by atoms with E-state index in [4.69, 9.17) is 0 Å². The molecule has 1 aliphatic carbocycles. The Bertz CT molecular complexity index is 364. The summed E-state index contributed by atoms with van der Waals surface area (Å²) in [5.74, 6) is 0. The van der Waals surface area contributed by atoms with Crippen LogP contribution in [-0.2, 0) is 0 Å². The molecule has 1 aromatic rings. The van der Waals surface area contributed by atoms with E-state index in [1.165, 1.54) is 44.3 Å². The molecule has 1 aromatic carbocycles. The first-order chi connectivity index (χ1) is 8.83. The molecule has 0 amide bonds. The van der Waals surface area contributed by atoms with Crippen molar-refractivity contribution in [2.24, 2.45) is 0 Å². The van der Waals surface area contributed by atoms with Gasteiger partial charge in [-0.2, -0.15) is 0 Å². The standard InChI is InChI=1S/C16H24N2/c1-13(14-5-3-2-4-6-14)18-11-9-16(10-12-18)17-15-7-8-15/h2-6,13,15-17H,7-12H2,1H3. The monoisotopic (exact) mass is 244 g/mol. The average Bonchev–Trinajstić information content (AvgIpc) is 3.24. The summed E-state index contributed by atoms with van der Waals surface area (Å²) in [6.45, 7) is 4.81. The second-order valence-corrected chi connectivity index (χ2v) is 5.84. The van der Waals surface area contributed by atoms with Crippen LogP contribution in [0.25, 0.3) is 0 Å². The summed E-state index contributed by atoms with van der Waals surface area (Å²) >= 11 is 0. The Morgan fingerprint density at radius 1 is 1.00 bits per heavy atom. The van der Waals surface area contributed by atoms with Crippen molar-refractivity contribution in [1.82, 2.24) is 10.2 Å². The maximum atomic E-state index is 3.77. The molecule has 1 aliphatic heterocycles. The van der Waals surface area contributed by atoms with Crippen LogP contribution in [0, 0.1) is 0 Å². The van der Waals surface area contributed by atoms with Gasteiger partial charge in [0.25, 0.3) is 0 Å². The van der Waals surface area contributed by atoms with Crippen molar-refractivity contribution in [1.29, 1.82) is 0 Å². The first-order valence-electron chi connectivity index (χ1n) is 7.38. The van der Waals surface area contributed by atoms with Gasteiger partial charge >= 0.3 is 0 Å². The van der Waals surface area contributed by atoms with E-state index < -0.39 is 0 Å². The number of hydrogen-bond acceptors (Lipinski definition) is 2. The molecule has 2 aliphatic rings. The number of nitrogens with zero attached hydrogens (tertiary/aromatic N) is 1. The minimum atomic E-state index is 0.563. The van der Waals surface area contributed by atoms with Crippen LogP contribution in [0.1, 0.15) is 44.2 Å². The van der Waals surface area contributed by atoms with E-state index in [-0.39, 0.29) is 0 Å². The third kappa shape index (κ3) is 2.93. The first kappa shape index (κ1) is 12.2. The fourth-order valence-electron chi connectivity index (χ4n) is 2.98. The molecule has 1 saturated heterocycles. The van der Waals surface area contributed by atoms with E-state index in [0.717, 1.165) is 12.1 Å². The number of piperidine rings is 1. The maximum absolute atomic E-state index is 3.77. The van der Waals surface area contributed by atoms with Crippen molar-refractivity contribution in [3.05, 3.63) is 35.9 Å². The first-order valence-corrected chi connectivity index (χ1v) is 7.38. The third-order valence-electron chi connectivity index (χ3n) is 4.41. The van der Waals surface area contributed by atoms with Crippen LogP contribution in [0.3, 0.4) is 0 Å². The van der Waals surface area contributed by atoms with E-state index in [0.29, 0.717) is 6.04 Å². The van der Waals surface area contributed by atoms with Crippen LogP contribution >= 0.6 is 0 Å². The van der Waals surface area contributed by atoms with E-state index >= 15 is 0 Å². The molecular formula is C16H24N2. The van der Waals surface area contributed by atoms with Crippen LogP contribution in [0.5, 0.6) is 0 Å². The third-order valence-corrected chi connectivity index (χ3v) is 4.41. The van der Waals surface area contributed by atoms with Crippen molar-refractivity contribution >= 4 is 0 Å². The molecular weight excluding hydrogens is 220 g/mol. The van der Waals surface area contributed by atoms with Gasteiger partial charge in [0.1, 0.15) is 0 Å². The van der Waals surface area contributed by atoms with Crippen molar-refractivity contribution in [2.75, 3.05) is 13.1 Å². The Hall–Kier alpha value is -0.860. The van der Waals surface area contributed by atoms with Gasteiger partial charge in [-0.1, -0.05) is 30.3 Å². The topological polar surface area (TPSA) is 15.3 Å². The Labute approximate surface area is 110 Å². The highest BCUT2D eigenvalue weighted by Crippen LogP contribution is 2.26. The number of likely N-dealkylation sites (tertiary alicyclic amines) is 1. The van der Waals surface area contributed by atoms with Gasteiger partial charge in [-0.05, 0) is 38.2 Å². The highest BCUT2D eigenvalue weighted by Gasteiger charge is 2.28. The molecule has 0 spiro atoms. The van der Waals surface area contributed by atoms with Crippen LogP contribution in [0.15, 0.2) is 30.3 Å². The predicted octanol–water partition coefficient (Wildman–Crippen LogP) is 2.96. The Morgan fingerprint density at radius 2 is 1.61 bits per heavy atom. The Morgan fingerprint density at radius 3 is 2.22 bits per heavy atom. The van der Waals surface area contributed by atoms with Gasteiger partial charge in [0.2, 0.25) is 0 Å². The van der Waals surface area contributed by atoms with Gasteiger partial charge in [0.05, 0.1) is 0 Å². The average molecular weight is 244 g/mol. The largest absolute Gasteiger partial charge is 0.311 e. The fourth-order valence-corrected chi connectivity index (χ4v) is 2.98. The Kier molecular flexibility index (Phi) is 3.67. The zero-order valence-corrected chi connectivity index (χ0v) is 11.3. The van der Waals surface area contributed by atoms with E-state index in [1.807, 2.05) is 0 Å². The molecule has 0 radical (unpaired) electrons. The molecule has 1 N–H and O–H groups in total. The zero-order chi connectivity index (χ0) is 12.4. The van der Waals surface area contributed by atoms with Crippen molar-refractivity contribution < 1.29 is 0 Å². The summed E-state index contributed by atoms with van der Waals surface area (Å²) in [6, 6.07) is 13.1. The van der Waals surface area contributed by atoms with Crippen molar-refractivity contribution in [2.45, 2.75) is 50.7 Å². The van der Waals surface area contributed by atoms with E-state index in [1.54, 1.807) is 0 Å². The minimum Gasteiger partial charge on any atom is -0.311 e. The van der Waals surface area contributed by atoms with Crippen LogP contribution < -0.4 is 5.32 Å². The number of rotatable bonds is 4.